The van der Waals surface area contributed by atoms with E-state index in [9.17, 15) is 15.2 Å². The van der Waals surface area contributed by atoms with Gasteiger partial charge in [0.2, 0.25) is 0 Å². The number of non-ortho nitro benzene ring substituents is 1. The van der Waals surface area contributed by atoms with E-state index < -0.39 is 10.5 Å². The monoisotopic (exact) mass is 316 g/mol. The van der Waals surface area contributed by atoms with Gasteiger partial charge in [0.25, 0.3) is 5.69 Å². The third kappa shape index (κ3) is 3.40. The summed E-state index contributed by atoms with van der Waals surface area (Å²) in [5.74, 6) is 0. The van der Waals surface area contributed by atoms with Gasteiger partial charge in [0.05, 0.1) is 16.2 Å². The smallest absolute Gasteiger partial charge is 0.269 e. The maximum Gasteiger partial charge on any atom is 0.269 e. The Balaban J connectivity index is 1.73. The fourth-order valence-corrected chi connectivity index (χ4v) is 2.84. The van der Waals surface area contributed by atoms with Gasteiger partial charge < -0.3 is 10.4 Å². The lowest BCUT2D eigenvalue weighted by Gasteiger charge is -2.36. The first-order chi connectivity index (χ1) is 11.0. The van der Waals surface area contributed by atoms with Crippen molar-refractivity contribution in [1.82, 2.24) is 15.1 Å². The summed E-state index contributed by atoms with van der Waals surface area (Å²) in [6.45, 7) is 1.17. The molecule has 1 aliphatic carbocycles. The van der Waals surface area contributed by atoms with E-state index in [-0.39, 0.29) is 5.69 Å². The van der Waals surface area contributed by atoms with Crippen molar-refractivity contribution in [2.24, 2.45) is 7.05 Å². The van der Waals surface area contributed by atoms with Gasteiger partial charge in [-0.2, -0.15) is 5.10 Å². The largest absolute Gasteiger partial charge is 0.389 e. The van der Waals surface area contributed by atoms with Gasteiger partial charge in [-0.05, 0) is 31.4 Å². The number of aromatic nitrogens is 2. The molecular formula is C16H20N4O3. The number of rotatable bonds is 6. The first-order valence-corrected chi connectivity index (χ1v) is 7.67. The van der Waals surface area contributed by atoms with Gasteiger partial charge in [-0.3, -0.25) is 14.8 Å². The molecule has 23 heavy (non-hydrogen) atoms. The summed E-state index contributed by atoms with van der Waals surface area (Å²) >= 11 is 0. The highest BCUT2D eigenvalue weighted by molar-refractivity contribution is 5.64. The standard InChI is InChI=1S/C16H20N4O3/c1-19-10-13(9-17-11-16(21)7-2-8-16)15(18-19)12-3-5-14(6-4-12)20(22)23/h3-6,10,17,21H,2,7-9,11H2,1H3. The third-order valence-corrected chi connectivity index (χ3v) is 4.31. The van der Waals surface area contributed by atoms with Crippen LogP contribution in [0.4, 0.5) is 5.69 Å². The third-order valence-electron chi connectivity index (χ3n) is 4.31. The minimum Gasteiger partial charge on any atom is -0.389 e. The fraction of sp³-hybridized carbons (Fsp3) is 0.438. The number of benzene rings is 1. The molecule has 1 aromatic heterocycles. The molecule has 1 fully saturated rings. The number of aliphatic hydroxyl groups is 1. The average molecular weight is 316 g/mol. The minimum atomic E-state index is -0.560. The van der Waals surface area contributed by atoms with Crippen molar-refractivity contribution in [2.45, 2.75) is 31.4 Å². The van der Waals surface area contributed by atoms with Crippen LogP contribution < -0.4 is 5.32 Å². The summed E-state index contributed by atoms with van der Waals surface area (Å²) in [4.78, 5) is 10.3. The number of nitro groups is 1. The molecule has 0 radical (unpaired) electrons. The van der Waals surface area contributed by atoms with Crippen molar-refractivity contribution in [3.05, 3.63) is 46.1 Å². The molecule has 7 nitrogen and oxygen atoms in total. The van der Waals surface area contributed by atoms with Gasteiger partial charge in [-0.25, -0.2) is 0 Å². The summed E-state index contributed by atoms with van der Waals surface area (Å²) < 4.78 is 1.73. The van der Waals surface area contributed by atoms with Gasteiger partial charge in [-0.1, -0.05) is 0 Å². The molecular weight excluding hydrogens is 296 g/mol. The number of nitrogens with one attached hydrogen (secondary N) is 1. The molecule has 1 saturated carbocycles. The molecule has 1 aliphatic rings. The van der Waals surface area contributed by atoms with Crippen molar-refractivity contribution in [3.8, 4) is 11.3 Å². The first kappa shape index (κ1) is 15.6. The van der Waals surface area contributed by atoms with Crippen LogP contribution in [0.25, 0.3) is 11.3 Å². The van der Waals surface area contributed by atoms with E-state index in [0.29, 0.717) is 13.1 Å². The van der Waals surface area contributed by atoms with Crippen LogP contribution in [0.2, 0.25) is 0 Å². The van der Waals surface area contributed by atoms with Gasteiger partial charge >= 0.3 is 0 Å². The Morgan fingerprint density at radius 3 is 2.65 bits per heavy atom. The maximum absolute atomic E-state index is 10.7. The van der Waals surface area contributed by atoms with Crippen molar-refractivity contribution in [1.29, 1.82) is 0 Å². The lowest BCUT2D eigenvalue weighted by atomic mass is 9.80. The van der Waals surface area contributed by atoms with E-state index in [0.717, 1.165) is 36.1 Å². The van der Waals surface area contributed by atoms with E-state index in [2.05, 4.69) is 10.4 Å². The quantitative estimate of drug-likeness (QED) is 0.628. The number of aryl methyl sites for hydroxylation is 1. The van der Waals surface area contributed by atoms with Crippen molar-refractivity contribution in [2.75, 3.05) is 6.54 Å². The van der Waals surface area contributed by atoms with Gasteiger partial charge in [0, 0.05) is 49.6 Å². The molecule has 0 saturated heterocycles. The van der Waals surface area contributed by atoms with E-state index in [1.165, 1.54) is 12.1 Å². The Bertz CT molecular complexity index is 705. The zero-order valence-corrected chi connectivity index (χ0v) is 13.0. The van der Waals surface area contributed by atoms with E-state index in [1.807, 2.05) is 13.2 Å². The second-order valence-corrected chi connectivity index (χ2v) is 6.16. The molecule has 0 unspecified atom stereocenters. The van der Waals surface area contributed by atoms with Crippen LogP contribution in [0.5, 0.6) is 0 Å². The molecule has 2 N–H and O–H groups in total. The van der Waals surface area contributed by atoms with Crippen molar-refractivity contribution >= 4 is 5.69 Å². The van der Waals surface area contributed by atoms with Crippen LogP contribution in [0.3, 0.4) is 0 Å². The molecule has 2 aromatic rings. The Morgan fingerprint density at radius 1 is 1.39 bits per heavy atom. The minimum absolute atomic E-state index is 0.0663. The first-order valence-electron chi connectivity index (χ1n) is 7.67. The van der Waals surface area contributed by atoms with Gasteiger partial charge in [0.1, 0.15) is 0 Å². The fourth-order valence-electron chi connectivity index (χ4n) is 2.84. The molecule has 0 aliphatic heterocycles. The molecule has 122 valence electrons. The number of nitro benzene ring substituents is 1. The molecule has 3 rings (SSSR count). The highest BCUT2D eigenvalue weighted by atomic mass is 16.6. The molecule has 0 amide bonds. The number of hydrogen-bond acceptors (Lipinski definition) is 5. The van der Waals surface area contributed by atoms with Crippen LogP contribution in [0.15, 0.2) is 30.5 Å². The van der Waals surface area contributed by atoms with Crippen LogP contribution in [0, 0.1) is 10.1 Å². The van der Waals surface area contributed by atoms with E-state index >= 15 is 0 Å². The topological polar surface area (TPSA) is 93.2 Å². The summed E-state index contributed by atoms with van der Waals surface area (Å²) in [7, 11) is 1.85. The summed E-state index contributed by atoms with van der Waals surface area (Å²) in [5.41, 5.74) is 2.15. The SMILES string of the molecule is Cn1cc(CNCC2(O)CCC2)c(-c2ccc([N+](=O)[O-])cc2)n1. The van der Waals surface area contributed by atoms with E-state index in [4.69, 9.17) is 0 Å². The molecule has 7 heteroatoms. The van der Waals surface area contributed by atoms with Crippen LogP contribution in [0.1, 0.15) is 24.8 Å². The van der Waals surface area contributed by atoms with E-state index in [1.54, 1.807) is 16.8 Å². The molecule has 0 spiro atoms. The lowest BCUT2D eigenvalue weighted by Crippen LogP contribution is -2.45. The average Bonchev–Trinajstić information content (AvgIpc) is 2.86. The number of nitrogens with zero attached hydrogens (tertiary/aromatic N) is 3. The Kier molecular flexibility index (Phi) is 4.14. The number of hydrogen-bond donors (Lipinski definition) is 2. The van der Waals surface area contributed by atoms with Gasteiger partial charge in [0.15, 0.2) is 0 Å². The van der Waals surface area contributed by atoms with Gasteiger partial charge in [-0.15, -0.1) is 0 Å². The van der Waals surface area contributed by atoms with Crippen molar-refractivity contribution in [3.63, 3.8) is 0 Å². The lowest BCUT2D eigenvalue weighted by molar-refractivity contribution is -0.384. The predicted octanol–water partition coefficient (Wildman–Crippen LogP) is 2.00. The molecule has 1 heterocycles. The second-order valence-electron chi connectivity index (χ2n) is 6.16. The molecule has 0 atom stereocenters. The Hall–Kier alpha value is -2.25. The zero-order chi connectivity index (χ0) is 16.4. The maximum atomic E-state index is 10.7. The van der Waals surface area contributed by atoms with Crippen LogP contribution in [-0.4, -0.2) is 32.0 Å². The summed E-state index contributed by atoms with van der Waals surface area (Å²) in [5, 5.41) is 28.6. The summed E-state index contributed by atoms with van der Waals surface area (Å²) in [6, 6.07) is 6.39. The second kappa shape index (κ2) is 6.10. The normalized spacial score (nSPS) is 16.1. The summed E-state index contributed by atoms with van der Waals surface area (Å²) in [6.07, 6.45) is 4.71. The Labute approximate surface area is 134 Å². The highest BCUT2D eigenvalue weighted by Crippen LogP contribution is 2.31. The zero-order valence-electron chi connectivity index (χ0n) is 13.0. The van der Waals surface area contributed by atoms with Crippen LogP contribution in [-0.2, 0) is 13.6 Å². The highest BCUT2D eigenvalue weighted by Gasteiger charge is 2.33. The predicted molar refractivity (Wildman–Crippen MR) is 85.8 cm³/mol. The molecule has 1 aromatic carbocycles. The molecule has 0 bridgehead atoms. The van der Waals surface area contributed by atoms with Crippen LogP contribution >= 0.6 is 0 Å². The van der Waals surface area contributed by atoms with Crippen molar-refractivity contribution < 1.29 is 10.0 Å². The Morgan fingerprint density at radius 2 is 2.09 bits per heavy atom.